The Balaban J connectivity index is 1.70. The molecule has 3 rings (SSSR count). The van der Waals surface area contributed by atoms with Gasteiger partial charge in [-0.25, -0.2) is 4.98 Å². The Bertz CT molecular complexity index is 1070. The van der Waals surface area contributed by atoms with Crippen molar-refractivity contribution >= 4 is 40.4 Å². The summed E-state index contributed by atoms with van der Waals surface area (Å²) in [6, 6.07) is 11.6. The zero-order chi connectivity index (χ0) is 21.7. The maximum Gasteiger partial charge on any atom is 0.255 e. The van der Waals surface area contributed by atoms with E-state index in [1.165, 1.54) is 0 Å². The Morgan fingerprint density at radius 1 is 1.13 bits per heavy atom. The summed E-state index contributed by atoms with van der Waals surface area (Å²) in [6.45, 7) is 6.02. The fourth-order valence-electron chi connectivity index (χ4n) is 2.66. The molecule has 0 atom stereocenters. The summed E-state index contributed by atoms with van der Waals surface area (Å²) < 4.78 is 5.74. The van der Waals surface area contributed by atoms with Gasteiger partial charge in [0.1, 0.15) is 12.4 Å². The lowest BCUT2D eigenvalue weighted by Gasteiger charge is -2.12. The number of aryl methyl sites for hydroxylation is 1. The first kappa shape index (κ1) is 21.8. The summed E-state index contributed by atoms with van der Waals surface area (Å²) in [5.74, 6) is -0.0254. The molecule has 6 nitrogen and oxygen atoms in total. The number of aromatic nitrogens is 1. The number of carbonyl (C=O) groups is 2. The van der Waals surface area contributed by atoms with Crippen molar-refractivity contribution in [2.75, 3.05) is 5.32 Å². The average Bonchev–Trinajstić information content (AvgIpc) is 3.13. The van der Waals surface area contributed by atoms with Crippen LogP contribution in [0.15, 0.2) is 47.8 Å². The minimum Gasteiger partial charge on any atom is -0.487 e. The lowest BCUT2D eigenvalue weighted by molar-refractivity contribution is 0.0942. The van der Waals surface area contributed by atoms with Gasteiger partial charge in [-0.05, 0) is 57.2 Å². The molecule has 156 valence electrons. The molecule has 0 spiro atoms. The molecule has 0 bridgehead atoms. The zero-order valence-corrected chi connectivity index (χ0v) is 18.4. The van der Waals surface area contributed by atoms with E-state index < -0.39 is 0 Å². The van der Waals surface area contributed by atoms with Crippen LogP contribution >= 0.6 is 22.9 Å². The molecule has 0 aliphatic carbocycles. The number of nitrogens with zero attached hydrogens (tertiary/aromatic N) is 1. The average molecular weight is 444 g/mol. The number of amides is 2. The molecule has 0 saturated heterocycles. The van der Waals surface area contributed by atoms with Crippen LogP contribution in [-0.4, -0.2) is 22.8 Å². The molecular weight excluding hydrogens is 422 g/mol. The number of thiazole rings is 1. The number of hydrogen-bond donors (Lipinski definition) is 2. The van der Waals surface area contributed by atoms with Crippen molar-refractivity contribution < 1.29 is 14.3 Å². The van der Waals surface area contributed by atoms with Crippen molar-refractivity contribution in [3.63, 3.8) is 0 Å². The van der Waals surface area contributed by atoms with E-state index in [-0.39, 0.29) is 17.9 Å². The molecule has 2 N–H and O–H groups in total. The van der Waals surface area contributed by atoms with Crippen LogP contribution in [0.5, 0.6) is 5.75 Å². The van der Waals surface area contributed by atoms with Crippen molar-refractivity contribution in [1.82, 2.24) is 10.3 Å². The molecule has 0 fully saturated rings. The smallest absolute Gasteiger partial charge is 0.255 e. The minimum atomic E-state index is -0.353. The van der Waals surface area contributed by atoms with Crippen LogP contribution in [0.1, 0.15) is 45.3 Å². The van der Waals surface area contributed by atoms with E-state index in [1.807, 2.05) is 26.2 Å². The summed E-state index contributed by atoms with van der Waals surface area (Å²) in [6.07, 6.45) is 0. The van der Waals surface area contributed by atoms with Gasteiger partial charge in [-0.2, -0.15) is 0 Å². The first-order chi connectivity index (χ1) is 14.3. The molecule has 1 heterocycles. The van der Waals surface area contributed by atoms with Crippen molar-refractivity contribution in [2.45, 2.75) is 33.4 Å². The van der Waals surface area contributed by atoms with E-state index in [4.69, 9.17) is 16.3 Å². The van der Waals surface area contributed by atoms with Gasteiger partial charge in [-0.3, -0.25) is 9.59 Å². The molecule has 3 aromatic rings. The van der Waals surface area contributed by atoms with Gasteiger partial charge in [0.25, 0.3) is 11.8 Å². The summed E-state index contributed by atoms with van der Waals surface area (Å²) in [5.41, 5.74) is 2.03. The predicted octanol–water partition coefficient (Wildman–Crippen LogP) is 5.07. The molecule has 0 aliphatic heterocycles. The van der Waals surface area contributed by atoms with Crippen molar-refractivity contribution in [3.8, 4) is 5.75 Å². The van der Waals surface area contributed by atoms with E-state index in [0.29, 0.717) is 34.2 Å². The summed E-state index contributed by atoms with van der Waals surface area (Å²) in [5, 5.41) is 8.83. The van der Waals surface area contributed by atoms with Crippen LogP contribution < -0.4 is 15.4 Å². The minimum absolute atomic E-state index is 0.00199. The van der Waals surface area contributed by atoms with Gasteiger partial charge >= 0.3 is 0 Å². The first-order valence-electron chi connectivity index (χ1n) is 9.37. The third-order valence-corrected chi connectivity index (χ3v) is 5.20. The number of anilines is 1. The highest BCUT2D eigenvalue weighted by Gasteiger charge is 2.13. The second-order valence-corrected chi connectivity index (χ2v) is 8.42. The van der Waals surface area contributed by atoms with Crippen molar-refractivity contribution in [3.05, 3.63) is 74.7 Å². The summed E-state index contributed by atoms with van der Waals surface area (Å²) >= 11 is 7.77. The summed E-state index contributed by atoms with van der Waals surface area (Å²) in [4.78, 5) is 29.3. The van der Waals surface area contributed by atoms with Gasteiger partial charge in [-0.1, -0.05) is 17.7 Å². The van der Waals surface area contributed by atoms with Gasteiger partial charge in [0.15, 0.2) is 0 Å². The third kappa shape index (κ3) is 5.81. The number of halogens is 1. The third-order valence-electron chi connectivity index (χ3n) is 4.05. The lowest BCUT2D eigenvalue weighted by atomic mass is 10.1. The van der Waals surface area contributed by atoms with Gasteiger partial charge in [0.2, 0.25) is 0 Å². The van der Waals surface area contributed by atoms with E-state index >= 15 is 0 Å². The van der Waals surface area contributed by atoms with Crippen molar-refractivity contribution in [1.29, 1.82) is 0 Å². The molecule has 0 saturated carbocycles. The molecule has 0 unspecified atom stereocenters. The SMILES string of the molecule is Cc1nc(COc2cccc(C(=O)Nc3cc(C(=O)NC(C)C)ccc3Cl)c2)cs1. The number of carbonyl (C=O) groups excluding carboxylic acids is 2. The second-order valence-electron chi connectivity index (χ2n) is 6.95. The number of nitrogens with one attached hydrogen (secondary N) is 2. The Labute approximate surface area is 184 Å². The van der Waals surface area contributed by atoms with Gasteiger partial charge in [0, 0.05) is 22.5 Å². The number of rotatable bonds is 7. The van der Waals surface area contributed by atoms with Crippen LogP contribution in [0.2, 0.25) is 5.02 Å². The molecular formula is C22H22ClN3O3S. The maximum absolute atomic E-state index is 12.7. The highest BCUT2D eigenvalue weighted by Crippen LogP contribution is 2.24. The van der Waals surface area contributed by atoms with E-state index in [0.717, 1.165) is 10.7 Å². The van der Waals surface area contributed by atoms with E-state index in [1.54, 1.807) is 53.8 Å². The zero-order valence-electron chi connectivity index (χ0n) is 16.9. The van der Waals surface area contributed by atoms with E-state index in [9.17, 15) is 9.59 Å². The standard InChI is InChI=1S/C22H22ClN3O3S/c1-13(2)24-21(27)16-7-8-19(23)20(10-16)26-22(28)15-5-4-6-18(9-15)29-11-17-12-30-14(3)25-17/h4-10,12-13H,11H2,1-3H3,(H,24,27)(H,26,28). The van der Waals surface area contributed by atoms with Crippen molar-refractivity contribution in [2.24, 2.45) is 0 Å². The molecule has 0 radical (unpaired) electrons. The molecule has 0 aliphatic rings. The van der Waals surface area contributed by atoms with Gasteiger partial charge in [0.05, 0.1) is 21.4 Å². The van der Waals surface area contributed by atoms with Crippen LogP contribution in [0.3, 0.4) is 0 Å². The monoisotopic (exact) mass is 443 g/mol. The molecule has 2 aromatic carbocycles. The number of benzene rings is 2. The summed E-state index contributed by atoms with van der Waals surface area (Å²) in [7, 11) is 0. The Morgan fingerprint density at radius 2 is 1.90 bits per heavy atom. The number of hydrogen-bond acceptors (Lipinski definition) is 5. The second kappa shape index (κ2) is 9.73. The lowest BCUT2D eigenvalue weighted by Crippen LogP contribution is -2.30. The topological polar surface area (TPSA) is 80.3 Å². The molecule has 1 aromatic heterocycles. The van der Waals surface area contributed by atoms with Gasteiger partial charge < -0.3 is 15.4 Å². The molecule has 30 heavy (non-hydrogen) atoms. The van der Waals surface area contributed by atoms with Crippen LogP contribution in [0.25, 0.3) is 0 Å². The van der Waals surface area contributed by atoms with Gasteiger partial charge in [-0.15, -0.1) is 11.3 Å². The fourth-order valence-corrected chi connectivity index (χ4v) is 3.42. The van der Waals surface area contributed by atoms with Crippen LogP contribution in [-0.2, 0) is 6.61 Å². The Hall–Kier alpha value is -2.90. The quantitative estimate of drug-likeness (QED) is 0.534. The normalized spacial score (nSPS) is 10.7. The highest BCUT2D eigenvalue weighted by atomic mass is 35.5. The largest absolute Gasteiger partial charge is 0.487 e. The van der Waals surface area contributed by atoms with Crippen LogP contribution in [0, 0.1) is 6.92 Å². The first-order valence-corrected chi connectivity index (χ1v) is 10.6. The predicted molar refractivity (Wildman–Crippen MR) is 120 cm³/mol. The fraction of sp³-hybridized carbons (Fsp3) is 0.227. The Kier molecular flexibility index (Phi) is 7.07. The highest BCUT2D eigenvalue weighted by molar-refractivity contribution is 7.09. The number of ether oxygens (including phenoxy) is 1. The maximum atomic E-state index is 12.7. The van der Waals surface area contributed by atoms with E-state index in [2.05, 4.69) is 15.6 Å². The van der Waals surface area contributed by atoms with Crippen LogP contribution in [0.4, 0.5) is 5.69 Å². The Morgan fingerprint density at radius 3 is 2.60 bits per heavy atom. The molecule has 8 heteroatoms. The molecule has 2 amide bonds.